The molecule has 1 aliphatic heterocycles. The lowest BCUT2D eigenvalue weighted by molar-refractivity contribution is -0.106. The molecule has 2 heteroatoms. The number of rotatable bonds is 5. The van der Waals surface area contributed by atoms with Crippen LogP contribution in [0.4, 0.5) is 0 Å². The molecule has 0 unspecified atom stereocenters. The molecule has 0 aromatic heterocycles. The fourth-order valence-corrected chi connectivity index (χ4v) is 4.14. The average Bonchev–Trinajstić information content (AvgIpc) is 3.05. The fourth-order valence-electron chi connectivity index (χ4n) is 4.14. The molecule has 0 aliphatic carbocycles. The van der Waals surface area contributed by atoms with Gasteiger partial charge in [0.05, 0.1) is 0 Å². The molecule has 1 N–H and O–H groups in total. The number of hydrogen-bond acceptors (Lipinski definition) is 2. The predicted molar refractivity (Wildman–Crippen MR) is 104 cm³/mol. The SMILES string of the molecule is CCC[C@@]1(c2ccccc2)O[C@H]([C@H](O)c2ccccc2)c2ccccc21. The van der Waals surface area contributed by atoms with Crippen molar-refractivity contribution in [1.82, 2.24) is 0 Å². The van der Waals surface area contributed by atoms with Gasteiger partial charge in [0.15, 0.2) is 0 Å². The second kappa shape index (κ2) is 7.06. The topological polar surface area (TPSA) is 29.5 Å². The Bertz CT molecular complexity index is 860. The third-order valence-corrected chi connectivity index (χ3v) is 5.30. The summed E-state index contributed by atoms with van der Waals surface area (Å²) in [5.74, 6) is 0. The van der Waals surface area contributed by atoms with Gasteiger partial charge in [0.2, 0.25) is 0 Å². The maximum Gasteiger partial charge on any atom is 0.119 e. The van der Waals surface area contributed by atoms with E-state index >= 15 is 0 Å². The van der Waals surface area contributed by atoms with E-state index in [-0.39, 0.29) is 6.10 Å². The summed E-state index contributed by atoms with van der Waals surface area (Å²) >= 11 is 0. The largest absolute Gasteiger partial charge is 0.385 e. The fraction of sp³-hybridized carbons (Fsp3) is 0.250. The lowest BCUT2D eigenvalue weighted by atomic mass is 9.81. The maximum atomic E-state index is 11.1. The lowest BCUT2D eigenvalue weighted by Crippen LogP contribution is -2.28. The molecule has 132 valence electrons. The Balaban J connectivity index is 1.83. The number of hydrogen-bond donors (Lipinski definition) is 1. The Hall–Kier alpha value is -2.42. The minimum Gasteiger partial charge on any atom is -0.385 e. The van der Waals surface area contributed by atoms with Gasteiger partial charge >= 0.3 is 0 Å². The van der Waals surface area contributed by atoms with Crippen molar-refractivity contribution in [2.24, 2.45) is 0 Å². The van der Waals surface area contributed by atoms with Crippen LogP contribution >= 0.6 is 0 Å². The van der Waals surface area contributed by atoms with Crippen molar-refractivity contribution in [3.63, 3.8) is 0 Å². The van der Waals surface area contributed by atoms with Gasteiger partial charge in [-0.15, -0.1) is 0 Å². The Kier molecular flexibility index (Phi) is 4.62. The first-order valence-corrected chi connectivity index (χ1v) is 9.32. The van der Waals surface area contributed by atoms with Crippen molar-refractivity contribution in [2.75, 3.05) is 0 Å². The molecule has 0 amide bonds. The summed E-state index contributed by atoms with van der Waals surface area (Å²) in [5, 5.41) is 11.1. The molecule has 3 aromatic carbocycles. The second-order valence-corrected chi connectivity index (χ2v) is 6.92. The van der Waals surface area contributed by atoms with Gasteiger partial charge in [-0.1, -0.05) is 98.3 Å². The molecule has 1 aliphatic rings. The van der Waals surface area contributed by atoms with Crippen LogP contribution in [0.25, 0.3) is 0 Å². The average molecular weight is 344 g/mol. The monoisotopic (exact) mass is 344 g/mol. The number of aliphatic hydroxyl groups excluding tert-OH is 1. The first-order valence-electron chi connectivity index (χ1n) is 9.32. The van der Waals surface area contributed by atoms with E-state index in [1.165, 1.54) is 5.56 Å². The highest BCUT2D eigenvalue weighted by Crippen LogP contribution is 2.53. The second-order valence-electron chi connectivity index (χ2n) is 6.92. The Labute approximate surface area is 155 Å². The summed E-state index contributed by atoms with van der Waals surface area (Å²) in [6.07, 6.45) is 0.809. The van der Waals surface area contributed by atoms with Crippen LogP contribution in [0, 0.1) is 0 Å². The van der Waals surface area contributed by atoms with E-state index in [1.807, 2.05) is 42.5 Å². The molecule has 0 saturated carbocycles. The van der Waals surface area contributed by atoms with Crippen LogP contribution in [0.3, 0.4) is 0 Å². The van der Waals surface area contributed by atoms with Crippen LogP contribution in [-0.2, 0) is 10.3 Å². The van der Waals surface area contributed by atoms with Gasteiger partial charge in [0.1, 0.15) is 17.8 Å². The minimum atomic E-state index is -0.695. The van der Waals surface area contributed by atoms with Crippen molar-refractivity contribution in [1.29, 1.82) is 0 Å². The van der Waals surface area contributed by atoms with Crippen molar-refractivity contribution in [3.8, 4) is 0 Å². The van der Waals surface area contributed by atoms with Crippen molar-refractivity contribution in [3.05, 3.63) is 107 Å². The van der Waals surface area contributed by atoms with E-state index < -0.39 is 11.7 Å². The first kappa shape index (κ1) is 17.0. The number of benzene rings is 3. The van der Waals surface area contributed by atoms with Crippen molar-refractivity contribution in [2.45, 2.75) is 37.6 Å². The van der Waals surface area contributed by atoms with Crippen LogP contribution in [0.5, 0.6) is 0 Å². The molecule has 0 saturated heterocycles. The zero-order valence-electron chi connectivity index (χ0n) is 15.0. The summed E-state index contributed by atoms with van der Waals surface area (Å²) in [6.45, 7) is 2.18. The van der Waals surface area contributed by atoms with Gasteiger partial charge in [-0.25, -0.2) is 0 Å². The molecule has 3 aromatic rings. The molecule has 0 bridgehead atoms. The molecule has 2 nitrogen and oxygen atoms in total. The standard InChI is InChI=1S/C24H24O2/c1-2-17-24(19-13-7-4-8-14-19)21-16-10-9-15-20(21)23(26-24)22(25)18-11-5-3-6-12-18/h3-16,22-23,25H,2,17H2,1H3/t22-,23+,24+/m1/s1. The van der Waals surface area contributed by atoms with E-state index in [0.29, 0.717) is 0 Å². The lowest BCUT2D eigenvalue weighted by Gasteiger charge is -2.32. The molecule has 0 spiro atoms. The third kappa shape index (κ3) is 2.76. The molecule has 0 radical (unpaired) electrons. The highest BCUT2D eigenvalue weighted by atomic mass is 16.5. The molecule has 4 rings (SSSR count). The van der Waals surface area contributed by atoms with Crippen LogP contribution in [0.15, 0.2) is 84.9 Å². The van der Waals surface area contributed by atoms with E-state index in [1.54, 1.807) is 0 Å². The van der Waals surface area contributed by atoms with Crippen LogP contribution in [0.2, 0.25) is 0 Å². The highest BCUT2D eigenvalue weighted by Gasteiger charge is 2.47. The van der Waals surface area contributed by atoms with Gasteiger partial charge in [-0.3, -0.25) is 0 Å². The number of fused-ring (bicyclic) bond motifs is 1. The summed E-state index contributed by atoms with van der Waals surface area (Å²) in [7, 11) is 0. The van der Waals surface area contributed by atoms with Gasteiger partial charge in [-0.05, 0) is 28.7 Å². The molecular formula is C24H24O2. The third-order valence-electron chi connectivity index (χ3n) is 5.30. The zero-order valence-corrected chi connectivity index (χ0v) is 15.0. The quantitative estimate of drug-likeness (QED) is 0.659. The Morgan fingerprint density at radius 1 is 0.885 bits per heavy atom. The molecular weight excluding hydrogens is 320 g/mol. The van der Waals surface area contributed by atoms with Crippen molar-refractivity contribution < 1.29 is 9.84 Å². The first-order chi connectivity index (χ1) is 12.8. The summed E-state index contributed by atoms with van der Waals surface area (Å²) < 4.78 is 6.71. The van der Waals surface area contributed by atoms with Gasteiger partial charge < -0.3 is 9.84 Å². The predicted octanol–water partition coefficient (Wildman–Crippen LogP) is 5.54. The maximum absolute atomic E-state index is 11.1. The van der Waals surface area contributed by atoms with E-state index in [9.17, 15) is 5.11 Å². The van der Waals surface area contributed by atoms with E-state index in [4.69, 9.17) is 4.74 Å². The van der Waals surface area contributed by atoms with Gasteiger partial charge in [0, 0.05) is 0 Å². The molecule has 3 atom stereocenters. The Morgan fingerprint density at radius 3 is 2.19 bits per heavy atom. The van der Waals surface area contributed by atoms with E-state index in [2.05, 4.69) is 49.4 Å². The van der Waals surface area contributed by atoms with E-state index in [0.717, 1.165) is 29.5 Å². The van der Waals surface area contributed by atoms with Crippen molar-refractivity contribution >= 4 is 0 Å². The normalized spacial score (nSPS) is 22.8. The van der Waals surface area contributed by atoms with Crippen LogP contribution in [0.1, 0.15) is 54.2 Å². The summed E-state index contributed by atoms with van der Waals surface area (Å²) in [6, 6.07) is 28.5. The van der Waals surface area contributed by atoms with Crippen LogP contribution < -0.4 is 0 Å². The highest BCUT2D eigenvalue weighted by molar-refractivity contribution is 5.46. The zero-order chi connectivity index (χ0) is 18.0. The molecule has 1 heterocycles. The summed E-state index contributed by atoms with van der Waals surface area (Å²) in [4.78, 5) is 0. The van der Waals surface area contributed by atoms with Gasteiger partial charge in [0.25, 0.3) is 0 Å². The van der Waals surface area contributed by atoms with Crippen LogP contribution in [-0.4, -0.2) is 5.11 Å². The molecule has 26 heavy (non-hydrogen) atoms. The minimum absolute atomic E-state index is 0.375. The molecule has 0 fully saturated rings. The summed E-state index contributed by atoms with van der Waals surface area (Å²) in [5.41, 5.74) is 3.78. The number of ether oxygens (including phenoxy) is 1. The number of aliphatic hydroxyl groups is 1. The smallest absolute Gasteiger partial charge is 0.119 e. The van der Waals surface area contributed by atoms with Gasteiger partial charge in [-0.2, -0.15) is 0 Å². The Morgan fingerprint density at radius 2 is 1.50 bits per heavy atom.